The maximum absolute atomic E-state index is 11.0. The first-order chi connectivity index (χ1) is 6.07. The highest BCUT2D eigenvalue weighted by molar-refractivity contribution is 5.92. The van der Waals surface area contributed by atoms with Gasteiger partial charge in [-0.05, 0) is 6.42 Å². The molecule has 0 atom stereocenters. The molecule has 0 spiro atoms. The SMILES string of the molecule is C=C(CC(=O)O)C(=O)OCCCC. The lowest BCUT2D eigenvalue weighted by molar-refractivity contribution is -0.142. The van der Waals surface area contributed by atoms with Crippen molar-refractivity contribution in [1.82, 2.24) is 0 Å². The lowest BCUT2D eigenvalue weighted by Gasteiger charge is -2.03. The molecule has 0 saturated heterocycles. The van der Waals surface area contributed by atoms with Gasteiger partial charge in [0.05, 0.1) is 13.0 Å². The van der Waals surface area contributed by atoms with Gasteiger partial charge in [0, 0.05) is 5.57 Å². The number of hydrogen-bond acceptors (Lipinski definition) is 3. The van der Waals surface area contributed by atoms with Gasteiger partial charge >= 0.3 is 11.9 Å². The molecule has 0 aliphatic carbocycles. The predicted octanol–water partition coefficient (Wildman–Crippen LogP) is 1.36. The van der Waals surface area contributed by atoms with E-state index in [4.69, 9.17) is 9.84 Å². The molecule has 1 N–H and O–H groups in total. The van der Waals surface area contributed by atoms with Crippen molar-refractivity contribution in [3.63, 3.8) is 0 Å². The van der Waals surface area contributed by atoms with E-state index in [1.54, 1.807) is 0 Å². The highest BCUT2D eigenvalue weighted by atomic mass is 16.5. The number of unbranched alkanes of at least 4 members (excludes halogenated alkanes) is 1. The Morgan fingerprint density at radius 3 is 2.54 bits per heavy atom. The van der Waals surface area contributed by atoms with Gasteiger partial charge < -0.3 is 9.84 Å². The summed E-state index contributed by atoms with van der Waals surface area (Å²) < 4.78 is 4.74. The minimum atomic E-state index is -1.07. The van der Waals surface area contributed by atoms with Gasteiger partial charge in [-0.2, -0.15) is 0 Å². The van der Waals surface area contributed by atoms with Crippen LogP contribution in [0.5, 0.6) is 0 Å². The van der Waals surface area contributed by atoms with Crippen molar-refractivity contribution >= 4 is 11.9 Å². The fourth-order valence-electron chi connectivity index (χ4n) is 0.666. The molecule has 0 unspecified atom stereocenters. The van der Waals surface area contributed by atoms with Gasteiger partial charge in [-0.15, -0.1) is 0 Å². The van der Waals surface area contributed by atoms with Crippen LogP contribution in [0.1, 0.15) is 26.2 Å². The summed E-state index contributed by atoms with van der Waals surface area (Å²) in [6.45, 7) is 5.62. The molecule has 4 heteroatoms. The van der Waals surface area contributed by atoms with Crippen LogP contribution < -0.4 is 0 Å². The number of carbonyl (C=O) groups is 2. The van der Waals surface area contributed by atoms with E-state index in [2.05, 4.69) is 6.58 Å². The van der Waals surface area contributed by atoms with Gasteiger partial charge in [0.1, 0.15) is 0 Å². The van der Waals surface area contributed by atoms with Gasteiger partial charge in [-0.1, -0.05) is 19.9 Å². The summed E-state index contributed by atoms with van der Waals surface area (Å²) in [5, 5.41) is 8.34. The lowest BCUT2D eigenvalue weighted by Crippen LogP contribution is -2.11. The highest BCUT2D eigenvalue weighted by Crippen LogP contribution is 2.01. The first-order valence-corrected chi connectivity index (χ1v) is 4.14. The minimum Gasteiger partial charge on any atom is -0.481 e. The van der Waals surface area contributed by atoms with Crippen LogP contribution in [0.4, 0.5) is 0 Å². The van der Waals surface area contributed by atoms with Crippen molar-refractivity contribution in [2.45, 2.75) is 26.2 Å². The number of ether oxygens (including phenoxy) is 1. The number of esters is 1. The summed E-state index contributed by atoms with van der Waals surface area (Å²) >= 11 is 0. The van der Waals surface area contributed by atoms with Gasteiger partial charge in [-0.3, -0.25) is 4.79 Å². The topological polar surface area (TPSA) is 63.6 Å². The number of carbonyl (C=O) groups excluding carboxylic acids is 1. The van der Waals surface area contributed by atoms with Crippen molar-refractivity contribution < 1.29 is 19.4 Å². The van der Waals surface area contributed by atoms with E-state index >= 15 is 0 Å². The summed E-state index contributed by atoms with van der Waals surface area (Å²) in [5.74, 6) is -1.69. The second-order valence-corrected chi connectivity index (χ2v) is 2.66. The molecule has 0 saturated carbocycles. The van der Waals surface area contributed by atoms with E-state index in [-0.39, 0.29) is 12.0 Å². The van der Waals surface area contributed by atoms with E-state index < -0.39 is 11.9 Å². The molecular weight excluding hydrogens is 172 g/mol. The van der Waals surface area contributed by atoms with Crippen LogP contribution in [0.25, 0.3) is 0 Å². The molecule has 0 aromatic heterocycles. The quantitative estimate of drug-likeness (QED) is 0.386. The van der Waals surface area contributed by atoms with Crippen LogP contribution in [0.2, 0.25) is 0 Å². The number of aliphatic carboxylic acids is 1. The molecule has 0 heterocycles. The molecule has 0 rings (SSSR count). The summed E-state index contributed by atoms with van der Waals surface area (Å²) in [5.41, 5.74) is -0.0106. The molecular formula is C9H14O4. The van der Waals surface area contributed by atoms with Crippen molar-refractivity contribution in [2.75, 3.05) is 6.61 Å². The van der Waals surface area contributed by atoms with E-state index in [0.717, 1.165) is 12.8 Å². The average Bonchev–Trinajstić information content (AvgIpc) is 2.03. The minimum absolute atomic E-state index is 0.0106. The van der Waals surface area contributed by atoms with Crippen LogP contribution >= 0.6 is 0 Å². The van der Waals surface area contributed by atoms with Crippen molar-refractivity contribution in [1.29, 1.82) is 0 Å². The lowest BCUT2D eigenvalue weighted by atomic mass is 10.2. The second kappa shape index (κ2) is 6.22. The van der Waals surface area contributed by atoms with E-state index in [0.29, 0.717) is 6.61 Å². The van der Waals surface area contributed by atoms with Crippen LogP contribution in [-0.2, 0) is 14.3 Å². The molecule has 0 aromatic carbocycles. The third kappa shape index (κ3) is 5.90. The number of carboxylic acid groups (broad SMARTS) is 1. The van der Waals surface area contributed by atoms with Gasteiger partial charge in [0.2, 0.25) is 0 Å². The Hall–Kier alpha value is -1.32. The molecule has 4 nitrogen and oxygen atoms in total. The Labute approximate surface area is 77.2 Å². The Kier molecular flexibility index (Phi) is 5.59. The number of carboxylic acids is 1. The van der Waals surface area contributed by atoms with Crippen LogP contribution in [0, 0.1) is 0 Å². The van der Waals surface area contributed by atoms with Gasteiger partial charge in [-0.25, -0.2) is 4.79 Å². The molecule has 74 valence electrons. The van der Waals surface area contributed by atoms with Crippen LogP contribution in [-0.4, -0.2) is 23.7 Å². The van der Waals surface area contributed by atoms with Crippen molar-refractivity contribution in [2.24, 2.45) is 0 Å². The Bertz CT molecular complexity index is 208. The molecule has 0 fully saturated rings. The van der Waals surface area contributed by atoms with Gasteiger partial charge in [0.15, 0.2) is 0 Å². The fraction of sp³-hybridized carbons (Fsp3) is 0.556. The molecule has 0 aromatic rings. The Morgan fingerprint density at radius 2 is 2.08 bits per heavy atom. The zero-order chi connectivity index (χ0) is 10.3. The summed E-state index contributed by atoms with van der Waals surface area (Å²) in [4.78, 5) is 21.1. The fourth-order valence-corrected chi connectivity index (χ4v) is 0.666. The molecule has 0 radical (unpaired) electrons. The van der Waals surface area contributed by atoms with E-state index in [1.807, 2.05) is 6.92 Å². The summed E-state index contributed by atoms with van der Waals surface area (Å²) in [7, 11) is 0. The molecule has 13 heavy (non-hydrogen) atoms. The second-order valence-electron chi connectivity index (χ2n) is 2.66. The monoisotopic (exact) mass is 186 g/mol. The first-order valence-electron chi connectivity index (χ1n) is 4.14. The zero-order valence-electron chi connectivity index (χ0n) is 7.71. The highest BCUT2D eigenvalue weighted by Gasteiger charge is 2.11. The Morgan fingerprint density at radius 1 is 1.46 bits per heavy atom. The van der Waals surface area contributed by atoms with Gasteiger partial charge in [0.25, 0.3) is 0 Å². The molecule has 0 bridgehead atoms. The summed E-state index contributed by atoms with van der Waals surface area (Å²) in [6.07, 6.45) is 1.36. The number of hydrogen-bond donors (Lipinski definition) is 1. The van der Waals surface area contributed by atoms with Crippen LogP contribution in [0.15, 0.2) is 12.2 Å². The van der Waals surface area contributed by atoms with Crippen LogP contribution in [0.3, 0.4) is 0 Å². The molecule has 0 aliphatic rings. The Balaban J connectivity index is 3.70. The third-order valence-electron chi connectivity index (χ3n) is 1.38. The van der Waals surface area contributed by atoms with Crippen molar-refractivity contribution in [3.05, 3.63) is 12.2 Å². The predicted molar refractivity (Wildman–Crippen MR) is 47.3 cm³/mol. The zero-order valence-corrected chi connectivity index (χ0v) is 7.71. The molecule has 0 aliphatic heterocycles. The molecule has 0 amide bonds. The summed E-state index contributed by atoms with van der Waals surface area (Å²) in [6, 6.07) is 0. The number of rotatable bonds is 6. The third-order valence-corrected chi connectivity index (χ3v) is 1.38. The largest absolute Gasteiger partial charge is 0.481 e. The van der Waals surface area contributed by atoms with E-state index in [9.17, 15) is 9.59 Å². The van der Waals surface area contributed by atoms with Crippen molar-refractivity contribution in [3.8, 4) is 0 Å². The van der Waals surface area contributed by atoms with E-state index in [1.165, 1.54) is 0 Å². The average molecular weight is 186 g/mol. The normalized spacial score (nSPS) is 9.31. The first kappa shape index (κ1) is 11.7. The standard InChI is InChI=1S/C9H14O4/c1-3-4-5-13-9(12)7(2)6-8(10)11/h2-6H2,1H3,(H,10,11). The maximum atomic E-state index is 11.0. The maximum Gasteiger partial charge on any atom is 0.333 e. The smallest absolute Gasteiger partial charge is 0.333 e.